The van der Waals surface area contributed by atoms with Gasteiger partial charge < -0.3 is 20.3 Å². The number of carbonyl (C=O) groups excluding carboxylic acids is 3. The molecule has 0 radical (unpaired) electrons. The number of Topliss-reactive ketones (excluding diaryl/α,β-unsaturated/α-hetero) is 2. The molecular formula is C21H28N4O7. The topological polar surface area (TPSA) is 175 Å². The first-order valence-electron chi connectivity index (χ1n) is 10.1. The first kappa shape index (κ1) is 25.1. The van der Waals surface area contributed by atoms with Crippen LogP contribution in [0.2, 0.25) is 0 Å². The zero-order valence-corrected chi connectivity index (χ0v) is 18.2. The molecule has 1 saturated heterocycles. The van der Waals surface area contributed by atoms with Crippen LogP contribution in [0.3, 0.4) is 0 Å². The number of likely N-dealkylation sites (tertiary alicyclic amines) is 1. The van der Waals surface area contributed by atoms with Crippen molar-refractivity contribution >= 4 is 29.5 Å². The fraction of sp³-hybridized carbons (Fsp3) is 0.476. The number of amidine groups is 1. The third-order valence-corrected chi connectivity index (χ3v) is 5.26. The molecule has 1 amide bonds. The van der Waals surface area contributed by atoms with Crippen molar-refractivity contribution in [2.75, 3.05) is 20.2 Å². The van der Waals surface area contributed by atoms with E-state index in [1.165, 1.54) is 0 Å². The summed E-state index contributed by atoms with van der Waals surface area (Å²) in [7, 11) is 1.77. The number of rotatable bonds is 8. The molecule has 1 aliphatic heterocycles. The molecule has 32 heavy (non-hydrogen) atoms. The minimum atomic E-state index is -2.45. The second kappa shape index (κ2) is 10.4. The van der Waals surface area contributed by atoms with Crippen LogP contribution in [0, 0.1) is 0 Å². The van der Waals surface area contributed by atoms with Gasteiger partial charge in [0, 0.05) is 17.7 Å². The Hall–Kier alpha value is -3.15. The van der Waals surface area contributed by atoms with Crippen LogP contribution in [-0.4, -0.2) is 77.5 Å². The number of nitrogens with zero attached hydrogens (tertiary/aromatic N) is 2. The van der Waals surface area contributed by atoms with E-state index in [0.29, 0.717) is 24.1 Å². The zero-order valence-electron chi connectivity index (χ0n) is 18.2. The van der Waals surface area contributed by atoms with E-state index in [1.54, 1.807) is 38.2 Å². The van der Waals surface area contributed by atoms with Crippen LogP contribution >= 0.6 is 0 Å². The van der Waals surface area contributed by atoms with E-state index >= 15 is 0 Å². The summed E-state index contributed by atoms with van der Waals surface area (Å²) in [5.41, 5.74) is 9.83. The summed E-state index contributed by atoms with van der Waals surface area (Å²) in [6, 6.07) is 5.64. The quantitative estimate of drug-likeness (QED) is 0.167. The smallest absolute Gasteiger partial charge is 0.435 e. The van der Waals surface area contributed by atoms with Gasteiger partial charge >= 0.3 is 12.1 Å². The highest BCUT2D eigenvalue weighted by atomic mass is 16.6. The lowest BCUT2D eigenvalue weighted by Gasteiger charge is -2.38. The van der Waals surface area contributed by atoms with Crippen molar-refractivity contribution in [1.82, 2.24) is 4.90 Å². The highest BCUT2D eigenvalue weighted by Gasteiger charge is 2.45. The largest absolute Gasteiger partial charge is 0.478 e. The Balaban J connectivity index is 2.15. The Morgan fingerprint density at radius 1 is 1.22 bits per heavy atom. The summed E-state index contributed by atoms with van der Waals surface area (Å²) < 4.78 is 10.2. The van der Waals surface area contributed by atoms with E-state index in [9.17, 15) is 24.3 Å². The number of benzene rings is 1. The molecule has 0 spiro atoms. The number of carbonyl (C=O) groups is 4. The molecule has 0 bridgehead atoms. The van der Waals surface area contributed by atoms with Crippen molar-refractivity contribution < 1.29 is 33.8 Å². The van der Waals surface area contributed by atoms with Crippen LogP contribution < -0.4 is 11.5 Å². The number of carboxylic acids is 1. The number of hydrogen-bond donors (Lipinski definition) is 3. The van der Waals surface area contributed by atoms with Crippen LogP contribution in [-0.2, 0) is 19.1 Å². The van der Waals surface area contributed by atoms with Gasteiger partial charge in [0.05, 0.1) is 18.8 Å². The molecule has 3 atom stereocenters. The van der Waals surface area contributed by atoms with Crippen molar-refractivity contribution in [3.63, 3.8) is 0 Å². The Morgan fingerprint density at radius 2 is 1.81 bits per heavy atom. The van der Waals surface area contributed by atoms with Crippen LogP contribution in [0.25, 0.3) is 0 Å². The van der Waals surface area contributed by atoms with Gasteiger partial charge in [0.25, 0.3) is 5.72 Å². The second-order valence-corrected chi connectivity index (χ2v) is 7.50. The van der Waals surface area contributed by atoms with Gasteiger partial charge in [0.2, 0.25) is 0 Å². The van der Waals surface area contributed by atoms with E-state index < -0.39 is 35.7 Å². The fourth-order valence-corrected chi connectivity index (χ4v) is 3.33. The monoisotopic (exact) mass is 448 g/mol. The summed E-state index contributed by atoms with van der Waals surface area (Å²) in [5, 5.41) is 9.30. The van der Waals surface area contributed by atoms with Gasteiger partial charge in [0.1, 0.15) is 5.84 Å². The van der Waals surface area contributed by atoms with E-state index in [1.807, 2.05) is 4.90 Å². The number of amides is 1. The van der Waals surface area contributed by atoms with Crippen molar-refractivity contribution in [2.24, 2.45) is 16.5 Å². The Bertz CT molecular complexity index is 899. The van der Waals surface area contributed by atoms with Gasteiger partial charge in [-0.2, -0.15) is 4.99 Å². The van der Waals surface area contributed by atoms with Gasteiger partial charge in [-0.05, 0) is 33.7 Å². The Kier molecular flexibility index (Phi) is 8.19. The predicted octanol–water partition coefficient (Wildman–Crippen LogP) is 0.539. The number of aliphatic carboxylic acids is 1. The Morgan fingerprint density at radius 3 is 2.34 bits per heavy atom. The van der Waals surface area contributed by atoms with Gasteiger partial charge in [-0.1, -0.05) is 24.3 Å². The number of likely N-dealkylation sites (N-methyl/N-ethyl adjacent to an activating group) is 1. The maximum atomic E-state index is 13.1. The molecule has 0 saturated carbocycles. The third kappa shape index (κ3) is 5.75. The van der Waals surface area contributed by atoms with Gasteiger partial charge in [0.15, 0.2) is 11.6 Å². The van der Waals surface area contributed by atoms with Gasteiger partial charge in [-0.3, -0.25) is 20.2 Å². The number of nitrogens with two attached hydrogens (primary N) is 2. The average Bonchev–Trinajstić information content (AvgIpc) is 2.74. The number of ether oxygens (including phenoxy) is 2. The summed E-state index contributed by atoms with van der Waals surface area (Å²) in [5.74, 6) is -2.66. The molecule has 0 aromatic heterocycles. The molecule has 11 nitrogen and oxygen atoms in total. The highest BCUT2D eigenvalue weighted by molar-refractivity contribution is 6.05. The molecule has 5 N–H and O–H groups in total. The molecule has 0 aliphatic carbocycles. The third-order valence-electron chi connectivity index (χ3n) is 5.26. The van der Waals surface area contributed by atoms with E-state index in [2.05, 4.69) is 4.99 Å². The van der Waals surface area contributed by atoms with Crippen LogP contribution in [0.1, 0.15) is 42.6 Å². The minimum absolute atomic E-state index is 0.0390. The molecule has 3 unspecified atom stereocenters. The van der Waals surface area contributed by atoms with Gasteiger partial charge in [-0.25, -0.2) is 9.59 Å². The first-order valence-corrected chi connectivity index (χ1v) is 10.1. The lowest BCUT2D eigenvalue weighted by Crippen LogP contribution is -2.59. The first-order chi connectivity index (χ1) is 15.0. The molecule has 11 heteroatoms. The summed E-state index contributed by atoms with van der Waals surface area (Å²) in [6.45, 7) is 3.32. The van der Waals surface area contributed by atoms with E-state index in [0.717, 1.165) is 6.92 Å². The standard InChI is InChI=1S/C21H28N4O7/c1-4-31-20(30)24-18(22)14-7-5-13(6-8-14)17(27)16-11-15(9-10-25(16)3)32-21(23,12(2)26)19(28)29/h5-8,15-16H,4,9-11,23H2,1-3H3,(H,28,29)(H2,22,24,30). The molecule has 2 rings (SSSR count). The summed E-state index contributed by atoms with van der Waals surface area (Å²) >= 11 is 0. The number of piperidine rings is 1. The molecule has 1 fully saturated rings. The van der Waals surface area contributed by atoms with Crippen molar-refractivity contribution in [3.8, 4) is 0 Å². The predicted molar refractivity (Wildman–Crippen MR) is 114 cm³/mol. The maximum absolute atomic E-state index is 13.1. The van der Waals surface area contributed by atoms with Crippen molar-refractivity contribution in [3.05, 3.63) is 35.4 Å². The molecule has 1 aromatic rings. The SMILES string of the molecule is CCOC(=O)N=C(N)c1ccc(C(=O)C2CC(OC(N)(C(C)=O)C(=O)O)CCN2C)cc1. The lowest BCUT2D eigenvalue weighted by atomic mass is 9.92. The van der Waals surface area contributed by atoms with E-state index in [4.69, 9.17) is 20.9 Å². The van der Waals surface area contributed by atoms with Crippen LogP contribution in [0.5, 0.6) is 0 Å². The van der Waals surface area contributed by atoms with Crippen LogP contribution in [0.4, 0.5) is 4.79 Å². The van der Waals surface area contributed by atoms with E-state index in [-0.39, 0.29) is 24.6 Å². The van der Waals surface area contributed by atoms with Crippen molar-refractivity contribution in [2.45, 2.75) is 44.6 Å². The average molecular weight is 448 g/mol. The highest BCUT2D eigenvalue weighted by Crippen LogP contribution is 2.25. The molecule has 1 aliphatic rings. The number of aliphatic imine (C=N–C) groups is 1. The number of hydrogen-bond acceptors (Lipinski definition) is 8. The normalized spacial score (nSPS) is 21.4. The van der Waals surface area contributed by atoms with Crippen molar-refractivity contribution in [1.29, 1.82) is 0 Å². The second-order valence-electron chi connectivity index (χ2n) is 7.50. The summed E-state index contributed by atoms with van der Waals surface area (Å²) in [6.07, 6.45) is -0.900. The molecule has 1 heterocycles. The molecular weight excluding hydrogens is 420 g/mol. The fourth-order valence-electron chi connectivity index (χ4n) is 3.33. The molecule has 174 valence electrons. The maximum Gasteiger partial charge on any atom is 0.435 e. The van der Waals surface area contributed by atoms with Crippen LogP contribution in [0.15, 0.2) is 29.3 Å². The number of ketones is 2. The minimum Gasteiger partial charge on any atom is -0.478 e. The van der Waals surface area contributed by atoms with Gasteiger partial charge in [-0.15, -0.1) is 0 Å². The lowest BCUT2D eigenvalue weighted by molar-refractivity contribution is -0.181. The molecule has 1 aromatic carbocycles. The Labute approximate surface area is 185 Å². The number of carboxylic acid groups (broad SMARTS) is 1. The zero-order chi connectivity index (χ0) is 24.1. The summed E-state index contributed by atoms with van der Waals surface area (Å²) in [4.78, 5) is 53.1.